The van der Waals surface area contributed by atoms with Gasteiger partial charge in [0.2, 0.25) is 0 Å². The van der Waals surface area contributed by atoms with Gasteiger partial charge < -0.3 is 4.74 Å². The van der Waals surface area contributed by atoms with Crippen LogP contribution in [0.4, 0.5) is 0 Å². The first kappa shape index (κ1) is 19.8. The van der Waals surface area contributed by atoms with Gasteiger partial charge in [-0.3, -0.25) is 14.6 Å². The van der Waals surface area contributed by atoms with Gasteiger partial charge in [-0.05, 0) is 56.0 Å². The number of aromatic nitrogens is 3. The molecular weight excluding hydrogens is 360 g/mol. The largest absolute Gasteiger partial charge is 0.369 e. The van der Waals surface area contributed by atoms with Gasteiger partial charge in [0.15, 0.2) is 0 Å². The van der Waals surface area contributed by atoms with Gasteiger partial charge in [-0.25, -0.2) is 0 Å². The minimum absolute atomic E-state index is 0.0104. The molecule has 3 aromatic rings. The van der Waals surface area contributed by atoms with E-state index in [0.717, 1.165) is 49.7 Å². The Morgan fingerprint density at radius 2 is 1.93 bits per heavy atom. The highest BCUT2D eigenvalue weighted by molar-refractivity contribution is 5.33. The summed E-state index contributed by atoms with van der Waals surface area (Å²) < 4.78 is 8.02. The molecule has 1 saturated heterocycles. The van der Waals surface area contributed by atoms with Crippen molar-refractivity contribution in [3.63, 3.8) is 0 Å². The van der Waals surface area contributed by atoms with E-state index in [-0.39, 0.29) is 6.10 Å². The third-order valence-electron chi connectivity index (χ3n) is 5.68. The van der Waals surface area contributed by atoms with E-state index in [1.54, 1.807) is 0 Å². The van der Waals surface area contributed by atoms with E-state index in [1.165, 1.54) is 22.3 Å². The van der Waals surface area contributed by atoms with Crippen molar-refractivity contribution in [3.8, 4) is 0 Å². The van der Waals surface area contributed by atoms with Crippen LogP contribution in [0.15, 0.2) is 42.6 Å². The highest BCUT2D eigenvalue weighted by Gasteiger charge is 2.24. The zero-order chi connectivity index (χ0) is 20.4. The monoisotopic (exact) mass is 390 g/mol. The average Bonchev–Trinajstić information content (AvgIpc) is 3.00. The van der Waals surface area contributed by atoms with Crippen LogP contribution >= 0.6 is 0 Å². The van der Waals surface area contributed by atoms with Gasteiger partial charge >= 0.3 is 0 Å². The molecule has 2 aromatic heterocycles. The Hall–Kier alpha value is -2.50. The van der Waals surface area contributed by atoms with Crippen LogP contribution in [0.1, 0.15) is 45.4 Å². The Morgan fingerprint density at radius 1 is 1.10 bits per heavy atom. The Balaban J connectivity index is 1.50. The number of pyridine rings is 1. The van der Waals surface area contributed by atoms with Crippen molar-refractivity contribution in [1.82, 2.24) is 19.7 Å². The number of benzene rings is 1. The molecule has 4 rings (SSSR count). The van der Waals surface area contributed by atoms with Crippen LogP contribution < -0.4 is 0 Å². The lowest BCUT2D eigenvalue weighted by atomic mass is 9.99. The number of aryl methyl sites for hydroxylation is 4. The third-order valence-corrected chi connectivity index (χ3v) is 5.68. The van der Waals surface area contributed by atoms with Crippen molar-refractivity contribution >= 4 is 0 Å². The smallest absolute Gasteiger partial charge is 0.112 e. The van der Waals surface area contributed by atoms with Crippen LogP contribution in [0.2, 0.25) is 0 Å². The molecule has 1 aliphatic heterocycles. The summed E-state index contributed by atoms with van der Waals surface area (Å²) >= 11 is 0. The standard InChI is InChI=1S/C24H30N4O/c1-17-7-5-6-8-21(17)12-20-11-18(2)25-23(13-20)24-16-28(9-10-29-24)15-22-14-27(4)26-19(22)3/h5-8,11,13-14,24H,9-10,12,15-16H2,1-4H3/t24-/m1/s1. The molecule has 1 atom stereocenters. The zero-order valence-corrected chi connectivity index (χ0v) is 17.9. The van der Waals surface area contributed by atoms with Gasteiger partial charge in [0.1, 0.15) is 6.10 Å². The fourth-order valence-corrected chi connectivity index (χ4v) is 4.13. The second-order valence-electron chi connectivity index (χ2n) is 8.15. The van der Waals surface area contributed by atoms with E-state index in [1.807, 2.05) is 11.7 Å². The van der Waals surface area contributed by atoms with Gasteiger partial charge in [-0.15, -0.1) is 0 Å². The van der Waals surface area contributed by atoms with E-state index in [2.05, 4.69) is 73.4 Å². The molecule has 1 fully saturated rings. The first-order valence-electron chi connectivity index (χ1n) is 10.3. The van der Waals surface area contributed by atoms with Gasteiger partial charge in [0.05, 0.1) is 18.0 Å². The van der Waals surface area contributed by atoms with Gasteiger partial charge in [-0.1, -0.05) is 24.3 Å². The molecule has 0 bridgehead atoms. The van der Waals surface area contributed by atoms with Crippen LogP contribution in [0.5, 0.6) is 0 Å². The summed E-state index contributed by atoms with van der Waals surface area (Å²) in [5, 5.41) is 4.47. The minimum atomic E-state index is 0.0104. The number of ether oxygens (including phenoxy) is 1. The highest BCUT2D eigenvalue weighted by Crippen LogP contribution is 2.25. The Labute approximate surface area is 173 Å². The maximum Gasteiger partial charge on any atom is 0.112 e. The molecule has 152 valence electrons. The van der Waals surface area contributed by atoms with Crippen LogP contribution in [0, 0.1) is 20.8 Å². The lowest BCUT2D eigenvalue weighted by molar-refractivity contribution is -0.0351. The molecular formula is C24H30N4O. The summed E-state index contributed by atoms with van der Waals surface area (Å²) in [5.41, 5.74) is 8.47. The molecule has 0 saturated carbocycles. The van der Waals surface area contributed by atoms with Crippen LogP contribution in [0.3, 0.4) is 0 Å². The van der Waals surface area contributed by atoms with Crippen molar-refractivity contribution in [2.24, 2.45) is 7.05 Å². The molecule has 0 amide bonds. The molecule has 1 aromatic carbocycles. The number of rotatable bonds is 5. The Kier molecular flexibility index (Phi) is 5.79. The predicted molar refractivity (Wildman–Crippen MR) is 115 cm³/mol. The summed E-state index contributed by atoms with van der Waals surface area (Å²) in [4.78, 5) is 7.26. The summed E-state index contributed by atoms with van der Waals surface area (Å²) in [6, 6.07) is 13.0. The molecule has 0 radical (unpaired) electrons. The molecule has 0 N–H and O–H groups in total. The zero-order valence-electron chi connectivity index (χ0n) is 17.9. The van der Waals surface area contributed by atoms with Crippen molar-refractivity contribution in [2.75, 3.05) is 19.7 Å². The van der Waals surface area contributed by atoms with Crippen LogP contribution in [0.25, 0.3) is 0 Å². The van der Waals surface area contributed by atoms with Crippen molar-refractivity contribution < 1.29 is 4.74 Å². The lowest BCUT2D eigenvalue weighted by Crippen LogP contribution is -2.38. The van der Waals surface area contributed by atoms with E-state index >= 15 is 0 Å². The van der Waals surface area contributed by atoms with E-state index in [4.69, 9.17) is 9.72 Å². The second kappa shape index (κ2) is 8.47. The molecule has 5 heteroatoms. The molecule has 0 unspecified atom stereocenters. The fraction of sp³-hybridized carbons (Fsp3) is 0.417. The van der Waals surface area contributed by atoms with Crippen molar-refractivity contribution in [1.29, 1.82) is 0 Å². The van der Waals surface area contributed by atoms with E-state index in [0.29, 0.717) is 0 Å². The quantitative estimate of drug-likeness (QED) is 0.663. The minimum Gasteiger partial charge on any atom is -0.369 e. The van der Waals surface area contributed by atoms with Gasteiger partial charge in [0, 0.05) is 44.1 Å². The maximum atomic E-state index is 6.13. The lowest BCUT2D eigenvalue weighted by Gasteiger charge is -2.32. The first-order valence-corrected chi connectivity index (χ1v) is 10.3. The van der Waals surface area contributed by atoms with Crippen LogP contribution in [-0.4, -0.2) is 39.4 Å². The SMILES string of the molecule is Cc1cc(Cc2ccccc2C)cc([C@H]2CN(Cc3cn(C)nc3C)CCO2)n1. The van der Waals surface area contributed by atoms with Gasteiger partial charge in [-0.2, -0.15) is 5.10 Å². The second-order valence-corrected chi connectivity index (χ2v) is 8.15. The summed E-state index contributed by atoms with van der Waals surface area (Å²) in [6.07, 6.45) is 3.05. The Morgan fingerprint density at radius 3 is 2.69 bits per heavy atom. The number of hydrogen-bond acceptors (Lipinski definition) is 4. The van der Waals surface area contributed by atoms with Crippen molar-refractivity contribution in [2.45, 2.75) is 39.8 Å². The number of morpholine rings is 1. The fourth-order valence-electron chi connectivity index (χ4n) is 4.13. The predicted octanol–water partition coefficient (Wildman–Crippen LogP) is 3.90. The number of hydrogen-bond donors (Lipinski definition) is 0. The summed E-state index contributed by atoms with van der Waals surface area (Å²) in [7, 11) is 1.98. The normalized spacial score (nSPS) is 17.6. The average molecular weight is 391 g/mol. The third kappa shape index (κ3) is 4.74. The van der Waals surface area contributed by atoms with E-state index in [9.17, 15) is 0 Å². The Bertz CT molecular complexity index is 994. The first-order chi connectivity index (χ1) is 14.0. The number of nitrogens with zero attached hydrogens (tertiary/aromatic N) is 4. The molecule has 3 heterocycles. The highest BCUT2D eigenvalue weighted by atomic mass is 16.5. The molecule has 0 spiro atoms. The van der Waals surface area contributed by atoms with Crippen LogP contribution in [-0.2, 0) is 24.8 Å². The molecule has 1 aliphatic rings. The summed E-state index contributed by atoms with van der Waals surface area (Å²) in [5.74, 6) is 0. The topological polar surface area (TPSA) is 43.2 Å². The summed E-state index contributed by atoms with van der Waals surface area (Å²) in [6.45, 7) is 9.75. The molecule has 29 heavy (non-hydrogen) atoms. The molecule has 0 aliphatic carbocycles. The maximum absolute atomic E-state index is 6.13. The van der Waals surface area contributed by atoms with E-state index < -0.39 is 0 Å². The van der Waals surface area contributed by atoms with Gasteiger partial charge in [0.25, 0.3) is 0 Å². The molecule has 5 nitrogen and oxygen atoms in total. The van der Waals surface area contributed by atoms with Crippen molar-refractivity contribution in [3.05, 3.63) is 81.9 Å².